The van der Waals surface area contributed by atoms with Crippen molar-refractivity contribution in [2.45, 2.75) is 39.3 Å². The Balaban J connectivity index is 2.57. The fourth-order valence-electron chi connectivity index (χ4n) is 1.56. The standard InChI is InChI=1S/C12H28O4Si2/c1-17(2,3)15-9-12(7-13-11-14-8-12)10-16-18(4,5)6/h7-11H2,1-6H3. The summed E-state index contributed by atoms with van der Waals surface area (Å²) in [6.07, 6.45) is 0. The van der Waals surface area contributed by atoms with E-state index in [-0.39, 0.29) is 5.41 Å². The summed E-state index contributed by atoms with van der Waals surface area (Å²) in [5.74, 6) is 0. The van der Waals surface area contributed by atoms with E-state index >= 15 is 0 Å². The van der Waals surface area contributed by atoms with Crippen LogP contribution in [0.4, 0.5) is 0 Å². The van der Waals surface area contributed by atoms with Crippen LogP contribution in [-0.4, -0.2) is 49.9 Å². The molecule has 108 valence electrons. The first-order valence-corrected chi connectivity index (χ1v) is 13.4. The zero-order chi connectivity index (χ0) is 13.9. The molecule has 4 nitrogen and oxygen atoms in total. The van der Waals surface area contributed by atoms with Crippen LogP contribution in [0.3, 0.4) is 0 Å². The zero-order valence-electron chi connectivity index (χ0n) is 12.7. The highest BCUT2D eigenvalue weighted by molar-refractivity contribution is 6.70. The van der Waals surface area contributed by atoms with E-state index in [1.54, 1.807) is 0 Å². The SMILES string of the molecule is C[Si](C)(C)OCC1(CO[Si](C)(C)C)COCOC1. The summed E-state index contributed by atoms with van der Waals surface area (Å²) < 4.78 is 23.0. The second kappa shape index (κ2) is 6.15. The van der Waals surface area contributed by atoms with Crippen LogP contribution in [-0.2, 0) is 18.3 Å². The number of hydrogen-bond acceptors (Lipinski definition) is 4. The van der Waals surface area contributed by atoms with E-state index in [9.17, 15) is 0 Å². The molecule has 18 heavy (non-hydrogen) atoms. The fourth-order valence-corrected chi connectivity index (χ4v) is 3.04. The molecule has 0 radical (unpaired) electrons. The Morgan fingerprint density at radius 1 is 0.833 bits per heavy atom. The van der Waals surface area contributed by atoms with Gasteiger partial charge in [0.25, 0.3) is 0 Å². The minimum absolute atomic E-state index is 0.126. The molecule has 0 aliphatic carbocycles. The Hall–Kier alpha value is 0.274. The molecule has 0 spiro atoms. The molecule has 6 heteroatoms. The molecule has 0 unspecified atom stereocenters. The summed E-state index contributed by atoms with van der Waals surface area (Å²) in [6.45, 7) is 16.3. The second-order valence-electron chi connectivity index (χ2n) is 7.12. The Morgan fingerprint density at radius 2 is 1.22 bits per heavy atom. The molecule has 0 amide bonds. The smallest absolute Gasteiger partial charge is 0.183 e. The Kier molecular flexibility index (Phi) is 5.58. The highest BCUT2D eigenvalue weighted by Gasteiger charge is 2.37. The first-order valence-electron chi connectivity index (χ1n) is 6.55. The van der Waals surface area contributed by atoms with Crippen molar-refractivity contribution >= 4 is 16.6 Å². The molecule has 1 aliphatic heterocycles. The maximum atomic E-state index is 6.05. The summed E-state index contributed by atoms with van der Waals surface area (Å²) in [6, 6.07) is 0. The second-order valence-corrected chi connectivity index (χ2v) is 16.1. The number of rotatable bonds is 6. The van der Waals surface area contributed by atoms with Crippen LogP contribution < -0.4 is 0 Å². The van der Waals surface area contributed by atoms with E-state index in [0.717, 1.165) is 0 Å². The van der Waals surface area contributed by atoms with E-state index in [0.29, 0.717) is 33.2 Å². The third-order valence-electron chi connectivity index (χ3n) is 2.61. The first kappa shape index (κ1) is 16.3. The van der Waals surface area contributed by atoms with Crippen LogP contribution in [0.2, 0.25) is 39.3 Å². The quantitative estimate of drug-likeness (QED) is 0.705. The molecule has 0 saturated carbocycles. The van der Waals surface area contributed by atoms with Gasteiger partial charge >= 0.3 is 0 Å². The van der Waals surface area contributed by atoms with Gasteiger partial charge in [-0.2, -0.15) is 0 Å². The van der Waals surface area contributed by atoms with E-state index < -0.39 is 16.6 Å². The minimum Gasteiger partial charge on any atom is -0.417 e. The van der Waals surface area contributed by atoms with Gasteiger partial charge in [0.05, 0.1) is 18.6 Å². The van der Waals surface area contributed by atoms with Gasteiger partial charge in [0.2, 0.25) is 0 Å². The lowest BCUT2D eigenvalue weighted by Gasteiger charge is -2.39. The Labute approximate surface area is 113 Å². The maximum Gasteiger partial charge on any atom is 0.183 e. The minimum atomic E-state index is -1.52. The predicted molar refractivity (Wildman–Crippen MR) is 77.8 cm³/mol. The lowest BCUT2D eigenvalue weighted by Crippen LogP contribution is -2.49. The first-order chi connectivity index (χ1) is 8.12. The van der Waals surface area contributed by atoms with Crippen molar-refractivity contribution in [2.75, 3.05) is 33.2 Å². The topological polar surface area (TPSA) is 36.9 Å². The van der Waals surface area contributed by atoms with Gasteiger partial charge in [0.15, 0.2) is 16.6 Å². The van der Waals surface area contributed by atoms with Gasteiger partial charge in [0.1, 0.15) is 6.79 Å². The molecule has 1 rings (SSSR count). The van der Waals surface area contributed by atoms with Gasteiger partial charge < -0.3 is 18.3 Å². The lowest BCUT2D eigenvalue weighted by atomic mass is 9.92. The molecule has 1 heterocycles. The fraction of sp³-hybridized carbons (Fsp3) is 1.00. The van der Waals surface area contributed by atoms with Gasteiger partial charge in [-0.15, -0.1) is 0 Å². The van der Waals surface area contributed by atoms with Gasteiger partial charge in [-0.1, -0.05) is 0 Å². The normalized spacial score (nSPS) is 21.0. The van der Waals surface area contributed by atoms with Crippen LogP contribution in [0, 0.1) is 5.41 Å². The summed E-state index contributed by atoms with van der Waals surface area (Å²) in [5, 5.41) is 0. The molecule has 0 N–H and O–H groups in total. The largest absolute Gasteiger partial charge is 0.417 e. The van der Waals surface area contributed by atoms with Crippen molar-refractivity contribution in [3.8, 4) is 0 Å². The summed E-state index contributed by atoms with van der Waals surface area (Å²) in [4.78, 5) is 0. The molecular weight excluding hydrogens is 264 g/mol. The summed E-state index contributed by atoms with van der Waals surface area (Å²) in [5.41, 5.74) is -0.126. The van der Waals surface area contributed by atoms with Crippen LogP contribution >= 0.6 is 0 Å². The summed E-state index contributed by atoms with van der Waals surface area (Å²) >= 11 is 0. The van der Waals surface area contributed by atoms with Crippen molar-refractivity contribution in [3.05, 3.63) is 0 Å². The monoisotopic (exact) mass is 292 g/mol. The highest BCUT2D eigenvalue weighted by atomic mass is 28.4. The van der Waals surface area contributed by atoms with Crippen LogP contribution in [0.1, 0.15) is 0 Å². The Bertz CT molecular complexity index is 232. The van der Waals surface area contributed by atoms with Crippen molar-refractivity contribution in [2.24, 2.45) is 5.41 Å². The van der Waals surface area contributed by atoms with Gasteiger partial charge in [0, 0.05) is 13.2 Å². The number of ether oxygens (including phenoxy) is 2. The molecule has 1 fully saturated rings. The van der Waals surface area contributed by atoms with E-state index in [1.807, 2.05) is 0 Å². The van der Waals surface area contributed by atoms with Gasteiger partial charge in [-0.05, 0) is 39.3 Å². The van der Waals surface area contributed by atoms with Crippen LogP contribution in [0.15, 0.2) is 0 Å². The molecule has 1 saturated heterocycles. The third-order valence-corrected chi connectivity index (χ3v) is 4.63. The van der Waals surface area contributed by atoms with E-state index in [4.69, 9.17) is 18.3 Å². The molecule has 0 aromatic rings. The molecular formula is C12H28O4Si2. The van der Waals surface area contributed by atoms with Crippen molar-refractivity contribution in [1.29, 1.82) is 0 Å². The van der Waals surface area contributed by atoms with Crippen molar-refractivity contribution in [3.63, 3.8) is 0 Å². The van der Waals surface area contributed by atoms with Crippen molar-refractivity contribution in [1.82, 2.24) is 0 Å². The Morgan fingerprint density at radius 3 is 1.56 bits per heavy atom. The van der Waals surface area contributed by atoms with Crippen LogP contribution in [0.25, 0.3) is 0 Å². The lowest BCUT2D eigenvalue weighted by molar-refractivity contribution is -0.183. The van der Waals surface area contributed by atoms with Crippen LogP contribution in [0.5, 0.6) is 0 Å². The summed E-state index contributed by atoms with van der Waals surface area (Å²) in [7, 11) is -3.04. The maximum absolute atomic E-state index is 6.05. The average Bonchev–Trinajstić information content (AvgIpc) is 2.24. The predicted octanol–water partition coefficient (Wildman–Crippen LogP) is 2.68. The van der Waals surface area contributed by atoms with Gasteiger partial charge in [-0.25, -0.2) is 0 Å². The zero-order valence-corrected chi connectivity index (χ0v) is 14.7. The van der Waals surface area contributed by atoms with E-state index in [1.165, 1.54) is 0 Å². The molecule has 0 aromatic heterocycles. The molecule has 1 aliphatic rings. The molecule has 0 aromatic carbocycles. The molecule has 0 bridgehead atoms. The number of hydrogen-bond donors (Lipinski definition) is 0. The highest BCUT2D eigenvalue weighted by Crippen LogP contribution is 2.26. The van der Waals surface area contributed by atoms with Crippen molar-refractivity contribution < 1.29 is 18.3 Å². The van der Waals surface area contributed by atoms with Gasteiger partial charge in [-0.3, -0.25) is 0 Å². The third kappa shape index (κ3) is 6.44. The average molecular weight is 293 g/mol. The van der Waals surface area contributed by atoms with E-state index in [2.05, 4.69) is 39.3 Å². The molecule has 0 atom stereocenters.